The molecule has 0 rings (SSSR count). The lowest BCUT2D eigenvalue weighted by molar-refractivity contribution is 0.142. The molecule has 0 heterocycles. The van der Waals surface area contributed by atoms with E-state index in [1.807, 2.05) is 6.92 Å². The number of hydrogen-bond acceptors (Lipinski definition) is 1. The summed E-state index contributed by atoms with van der Waals surface area (Å²) in [6.45, 7) is 3.45. The van der Waals surface area contributed by atoms with Gasteiger partial charge in [0.25, 0.3) is 0 Å². The van der Waals surface area contributed by atoms with Crippen molar-refractivity contribution in [3.8, 4) is 0 Å². The normalized spacial score (nSPS) is 10.2. The molecule has 0 aromatic rings. The molecule has 0 unspecified atom stereocenters. The molecule has 0 aromatic carbocycles. The van der Waals surface area contributed by atoms with Gasteiger partial charge in [0, 0.05) is 13.2 Å². The third-order valence-corrected chi connectivity index (χ3v) is 1.38. The first-order chi connectivity index (χ1) is 4.91. The number of unbranched alkanes of at least 4 members (excludes halogenated alkanes) is 3. The van der Waals surface area contributed by atoms with E-state index in [9.17, 15) is 4.39 Å². The number of ether oxygens (including phenoxy) is 1. The summed E-state index contributed by atoms with van der Waals surface area (Å²) >= 11 is 0. The Morgan fingerprint density at radius 2 is 1.80 bits per heavy atom. The van der Waals surface area contributed by atoms with Crippen molar-refractivity contribution in [1.82, 2.24) is 0 Å². The SMILES string of the molecule is CCOCCCCCCF. The monoisotopic (exact) mass is 148 g/mol. The lowest BCUT2D eigenvalue weighted by Gasteiger charge is -1.99. The lowest BCUT2D eigenvalue weighted by atomic mass is 10.2. The first-order valence-electron chi connectivity index (χ1n) is 4.05. The maximum absolute atomic E-state index is 11.5. The van der Waals surface area contributed by atoms with Gasteiger partial charge in [-0.15, -0.1) is 0 Å². The molecule has 0 spiro atoms. The summed E-state index contributed by atoms with van der Waals surface area (Å²) in [6, 6.07) is 0. The van der Waals surface area contributed by atoms with E-state index in [1.165, 1.54) is 0 Å². The van der Waals surface area contributed by atoms with Crippen LogP contribution in [-0.4, -0.2) is 19.9 Å². The molecule has 0 radical (unpaired) electrons. The zero-order valence-corrected chi connectivity index (χ0v) is 6.74. The second-order valence-corrected chi connectivity index (χ2v) is 2.30. The largest absolute Gasteiger partial charge is 0.382 e. The molecule has 0 bridgehead atoms. The van der Waals surface area contributed by atoms with Crippen molar-refractivity contribution in [3.05, 3.63) is 0 Å². The summed E-state index contributed by atoms with van der Waals surface area (Å²) in [4.78, 5) is 0. The van der Waals surface area contributed by atoms with E-state index in [2.05, 4.69) is 0 Å². The Labute approximate surface area is 62.6 Å². The maximum atomic E-state index is 11.5. The first-order valence-corrected chi connectivity index (χ1v) is 4.05. The van der Waals surface area contributed by atoms with Crippen LogP contribution in [0.1, 0.15) is 32.6 Å². The second kappa shape index (κ2) is 8.89. The summed E-state index contributed by atoms with van der Waals surface area (Å²) < 4.78 is 16.7. The number of hydrogen-bond donors (Lipinski definition) is 0. The Kier molecular flexibility index (Phi) is 8.79. The maximum Gasteiger partial charge on any atom is 0.0894 e. The quantitative estimate of drug-likeness (QED) is 0.504. The molecular formula is C8H17FO. The van der Waals surface area contributed by atoms with E-state index in [1.54, 1.807) is 0 Å². The Balaban J connectivity index is 2.65. The molecule has 1 nitrogen and oxygen atoms in total. The molecule has 0 amide bonds. The molecule has 0 aromatic heterocycles. The molecule has 2 heteroatoms. The average Bonchev–Trinajstić information content (AvgIpc) is 1.97. The highest BCUT2D eigenvalue weighted by Crippen LogP contribution is 1.99. The van der Waals surface area contributed by atoms with Gasteiger partial charge in [0.15, 0.2) is 0 Å². The zero-order chi connectivity index (χ0) is 7.66. The minimum atomic E-state index is -0.172. The van der Waals surface area contributed by atoms with Crippen molar-refractivity contribution < 1.29 is 9.13 Å². The molecule has 62 valence electrons. The smallest absolute Gasteiger partial charge is 0.0894 e. The predicted molar refractivity (Wildman–Crippen MR) is 40.9 cm³/mol. The predicted octanol–water partition coefficient (Wildman–Crippen LogP) is 2.55. The fourth-order valence-electron chi connectivity index (χ4n) is 0.797. The highest BCUT2D eigenvalue weighted by atomic mass is 19.1. The molecule has 0 atom stereocenters. The van der Waals surface area contributed by atoms with Gasteiger partial charge < -0.3 is 4.74 Å². The molecule has 0 saturated heterocycles. The fraction of sp³-hybridized carbons (Fsp3) is 1.00. The first kappa shape index (κ1) is 9.89. The van der Waals surface area contributed by atoms with Gasteiger partial charge in [0.05, 0.1) is 6.67 Å². The van der Waals surface area contributed by atoms with E-state index in [0.29, 0.717) is 6.42 Å². The zero-order valence-electron chi connectivity index (χ0n) is 6.74. The van der Waals surface area contributed by atoms with Gasteiger partial charge in [-0.3, -0.25) is 4.39 Å². The molecule has 0 aliphatic carbocycles. The van der Waals surface area contributed by atoms with Gasteiger partial charge in [0.2, 0.25) is 0 Å². The molecule has 0 N–H and O–H groups in total. The van der Waals surface area contributed by atoms with Crippen LogP contribution in [0, 0.1) is 0 Å². The molecule has 10 heavy (non-hydrogen) atoms. The van der Waals surface area contributed by atoms with Gasteiger partial charge in [0.1, 0.15) is 0 Å². The standard InChI is InChI=1S/C8H17FO/c1-2-10-8-6-4-3-5-7-9/h2-8H2,1H3. The van der Waals surface area contributed by atoms with Crippen LogP contribution < -0.4 is 0 Å². The highest BCUT2D eigenvalue weighted by molar-refractivity contribution is 4.40. The number of halogens is 1. The van der Waals surface area contributed by atoms with Gasteiger partial charge >= 0.3 is 0 Å². The third-order valence-electron chi connectivity index (χ3n) is 1.38. The molecule has 0 aliphatic rings. The van der Waals surface area contributed by atoms with Crippen molar-refractivity contribution in [3.63, 3.8) is 0 Å². The van der Waals surface area contributed by atoms with Crippen molar-refractivity contribution in [1.29, 1.82) is 0 Å². The molecular weight excluding hydrogens is 131 g/mol. The van der Waals surface area contributed by atoms with Crippen molar-refractivity contribution in [2.75, 3.05) is 19.9 Å². The average molecular weight is 148 g/mol. The van der Waals surface area contributed by atoms with Gasteiger partial charge in [-0.1, -0.05) is 12.8 Å². The Morgan fingerprint density at radius 1 is 1.10 bits per heavy atom. The Morgan fingerprint density at radius 3 is 2.40 bits per heavy atom. The van der Waals surface area contributed by atoms with Crippen LogP contribution in [0.3, 0.4) is 0 Å². The summed E-state index contributed by atoms with van der Waals surface area (Å²) in [5.74, 6) is 0. The summed E-state index contributed by atoms with van der Waals surface area (Å²) in [7, 11) is 0. The fourth-order valence-corrected chi connectivity index (χ4v) is 0.797. The lowest BCUT2D eigenvalue weighted by Crippen LogP contribution is -1.92. The summed E-state index contributed by atoms with van der Waals surface area (Å²) in [5.41, 5.74) is 0. The Hall–Kier alpha value is -0.110. The van der Waals surface area contributed by atoms with E-state index < -0.39 is 0 Å². The van der Waals surface area contributed by atoms with Crippen LogP contribution in [0.2, 0.25) is 0 Å². The molecule has 0 fully saturated rings. The van der Waals surface area contributed by atoms with E-state index in [4.69, 9.17) is 4.74 Å². The summed E-state index contributed by atoms with van der Waals surface area (Å²) in [6.07, 6.45) is 3.90. The van der Waals surface area contributed by atoms with Crippen LogP contribution in [0.5, 0.6) is 0 Å². The topological polar surface area (TPSA) is 9.23 Å². The van der Waals surface area contributed by atoms with Crippen LogP contribution >= 0.6 is 0 Å². The van der Waals surface area contributed by atoms with E-state index in [0.717, 1.165) is 32.5 Å². The Bertz CT molecular complexity index is 49.2. The van der Waals surface area contributed by atoms with Gasteiger partial charge in [-0.05, 0) is 19.8 Å². The molecule has 0 saturated carbocycles. The number of alkyl halides is 1. The van der Waals surface area contributed by atoms with Crippen molar-refractivity contribution in [2.45, 2.75) is 32.6 Å². The van der Waals surface area contributed by atoms with Crippen LogP contribution in [0.4, 0.5) is 4.39 Å². The van der Waals surface area contributed by atoms with Crippen LogP contribution in [0.25, 0.3) is 0 Å². The second-order valence-electron chi connectivity index (χ2n) is 2.30. The van der Waals surface area contributed by atoms with Crippen molar-refractivity contribution >= 4 is 0 Å². The highest BCUT2D eigenvalue weighted by Gasteiger charge is 1.88. The molecule has 0 aliphatic heterocycles. The van der Waals surface area contributed by atoms with Crippen LogP contribution in [-0.2, 0) is 4.74 Å². The number of rotatable bonds is 7. The third kappa shape index (κ3) is 7.89. The van der Waals surface area contributed by atoms with Crippen LogP contribution in [0.15, 0.2) is 0 Å². The minimum absolute atomic E-state index is 0.172. The minimum Gasteiger partial charge on any atom is -0.382 e. The van der Waals surface area contributed by atoms with E-state index in [-0.39, 0.29) is 6.67 Å². The van der Waals surface area contributed by atoms with Crippen molar-refractivity contribution in [2.24, 2.45) is 0 Å². The van der Waals surface area contributed by atoms with E-state index >= 15 is 0 Å². The summed E-state index contributed by atoms with van der Waals surface area (Å²) in [5, 5.41) is 0. The van der Waals surface area contributed by atoms with Gasteiger partial charge in [-0.25, -0.2) is 0 Å². The van der Waals surface area contributed by atoms with Gasteiger partial charge in [-0.2, -0.15) is 0 Å².